The van der Waals surface area contributed by atoms with Crippen molar-refractivity contribution in [3.8, 4) is 0 Å². The number of aryl methyl sites for hydroxylation is 2. The van der Waals surface area contributed by atoms with Crippen molar-refractivity contribution >= 4 is 23.7 Å². The summed E-state index contributed by atoms with van der Waals surface area (Å²) in [6, 6.07) is 1.06. The topological polar surface area (TPSA) is 86.3 Å². The van der Waals surface area contributed by atoms with Crippen molar-refractivity contribution in [1.29, 1.82) is 0 Å². The molecule has 0 saturated carbocycles. The van der Waals surface area contributed by atoms with Crippen molar-refractivity contribution in [1.82, 2.24) is 24.5 Å². The van der Waals surface area contributed by atoms with Gasteiger partial charge in [0.05, 0.1) is 25.5 Å². The van der Waals surface area contributed by atoms with Crippen molar-refractivity contribution < 1.29 is 18.9 Å². The third kappa shape index (κ3) is 4.01. The Morgan fingerprint density at radius 3 is 2.58 bits per heavy atom. The SMILES string of the molecule is CCCC[N+]1=C(n2nc(C)cc2C)N=C2C1C(=O)N(CCN1CCOCC1)C(=O)N2C. The smallest absolute Gasteiger partial charge is 0.379 e. The molecule has 3 aliphatic rings. The molecule has 168 valence electrons. The van der Waals surface area contributed by atoms with E-state index in [0.717, 1.165) is 37.3 Å². The highest BCUT2D eigenvalue weighted by atomic mass is 16.5. The molecule has 4 heterocycles. The molecule has 4 rings (SSSR count). The normalized spacial score (nSPS) is 22.5. The lowest BCUT2D eigenvalue weighted by molar-refractivity contribution is -0.538. The van der Waals surface area contributed by atoms with Crippen LogP contribution in [-0.2, 0) is 9.53 Å². The van der Waals surface area contributed by atoms with Gasteiger partial charge < -0.3 is 4.74 Å². The van der Waals surface area contributed by atoms with Crippen LogP contribution < -0.4 is 0 Å². The zero-order chi connectivity index (χ0) is 22.1. The van der Waals surface area contributed by atoms with E-state index in [2.05, 4.69) is 16.9 Å². The largest absolute Gasteiger partial charge is 0.421 e. The summed E-state index contributed by atoms with van der Waals surface area (Å²) in [6.45, 7) is 10.7. The van der Waals surface area contributed by atoms with Crippen LogP contribution >= 0.6 is 0 Å². The van der Waals surface area contributed by atoms with Gasteiger partial charge in [-0.05, 0) is 26.3 Å². The summed E-state index contributed by atoms with van der Waals surface area (Å²) in [5.74, 6) is 0.890. The van der Waals surface area contributed by atoms with Gasteiger partial charge in [-0.15, -0.1) is 9.78 Å². The average molecular weight is 431 g/mol. The second-order valence-corrected chi connectivity index (χ2v) is 8.34. The van der Waals surface area contributed by atoms with Crippen LogP contribution in [0.2, 0.25) is 0 Å². The minimum atomic E-state index is -0.599. The number of nitrogens with zero attached hydrogens (tertiary/aromatic N) is 7. The predicted molar refractivity (Wildman–Crippen MR) is 115 cm³/mol. The van der Waals surface area contributed by atoms with Crippen LogP contribution in [0.3, 0.4) is 0 Å². The summed E-state index contributed by atoms with van der Waals surface area (Å²) < 4.78 is 9.18. The fraction of sp³-hybridized carbons (Fsp3) is 0.667. The van der Waals surface area contributed by atoms with Crippen LogP contribution in [0, 0.1) is 13.8 Å². The third-order valence-corrected chi connectivity index (χ3v) is 6.08. The fourth-order valence-electron chi connectivity index (χ4n) is 4.34. The lowest BCUT2D eigenvalue weighted by Crippen LogP contribution is -2.63. The lowest BCUT2D eigenvalue weighted by Gasteiger charge is -2.35. The third-order valence-electron chi connectivity index (χ3n) is 6.08. The Labute approximate surface area is 182 Å². The molecule has 1 unspecified atom stereocenters. The van der Waals surface area contributed by atoms with Gasteiger partial charge in [0, 0.05) is 33.2 Å². The number of morpholine rings is 1. The number of likely N-dealkylation sites (N-methyl/N-ethyl adjacent to an activating group) is 1. The zero-order valence-corrected chi connectivity index (χ0v) is 18.9. The first kappa shape index (κ1) is 21.6. The maximum atomic E-state index is 13.5. The van der Waals surface area contributed by atoms with Crippen molar-refractivity contribution in [2.45, 2.75) is 39.7 Å². The van der Waals surface area contributed by atoms with E-state index in [0.29, 0.717) is 44.6 Å². The molecule has 2 saturated heterocycles. The number of carbonyl (C=O) groups excluding carboxylic acids is 2. The standard InChI is InChI=1S/C21H32N7O3/c1-5-6-7-26-17-18(22-20(26)28-16(3)14-15(2)23-28)24(4)21(30)27(19(17)29)9-8-25-10-12-31-13-11-25/h14,17H,5-13H2,1-4H3/q+1. The number of unbranched alkanes of at least 4 members (excludes halogenated alkanes) is 1. The molecule has 0 aromatic carbocycles. The maximum Gasteiger partial charge on any atom is 0.421 e. The summed E-state index contributed by atoms with van der Waals surface area (Å²) in [5, 5.41) is 4.58. The molecule has 0 aliphatic carbocycles. The van der Waals surface area contributed by atoms with Gasteiger partial charge in [-0.3, -0.25) is 19.5 Å². The molecule has 31 heavy (non-hydrogen) atoms. The van der Waals surface area contributed by atoms with Crippen molar-refractivity contribution in [3.05, 3.63) is 17.5 Å². The number of hydrogen-bond donors (Lipinski definition) is 0. The molecule has 0 bridgehead atoms. The lowest BCUT2D eigenvalue weighted by atomic mass is 10.1. The Bertz CT molecular complexity index is 929. The van der Waals surface area contributed by atoms with Gasteiger partial charge >= 0.3 is 12.0 Å². The molecule has 2 fully saturated rings. The Morgan fingerprint density at radius 1 is 1.19 bits per heavy atom. The Kier molecular flexibility index (Phi) is 6.19. The minimum Gasteiger partial charge on any atom is -0.379 e. The van der Waals surface area contributed by atoms with E-state index in [1.54, 1.807) is 11.7 Å². The van der Waals surface area contributed by atoms with Gasteiger partial charge in [0.25, 0.3) is 5.91 Å². The highest BCUT2D eigenvalue weighted by molar-refractivity contribution is 6.23. The summed E-state index contributed by atoms with van der Waals surface area (Å²) in [5.41, 5.74) is 1.83. The first-order valence-electron chi connectivity index (χ1n) is 11.1. The van der Waals surface area contributed by atoms with Crippen LogP contribution in [0.15, 0.2) is 11.1 Å². The van der Waals surface area contributed by atoms with Crippen molar-refractivity contribution in [3.63, 3.8) is 0 Å². The van der Waals surface area contributed by atoms with E-state index < -0.39 is 6.04 Å². The number of amidine groups is 1. The van der Waals surface area contributed by atoms with Gasteiger partial charge in [-0.25, -0.2) is 9.37 Å². The van der Waals surface area contributed by atoms with E-state index in [-0.39, 0.29) is 11.9 Å². The molecule has 1 aromatic rings. The number of aromatic nitrogens is 2. The highest BCUT2D eigenvalue weighted by Crippen LogP contribution is 2.21. The molecule has 1 aromatic heterocycles. The molecule has 0 radical (unpaired) electrons. The number of urea groups is 1. The number of ether oxygens (including phenoxy) is 1. The number of hydrogen-bond acceptors (Lipinski definition) is 6. The molecule has 3 aliphatic heterocycles. The van der Waals surface area contributed by atoms with Gasteiger partial charge in [0.2, 0.25) is 11.9 Å². The van der Waals surface area contributed by atoms with E-state index in [9.17, 15) is 9.59 Å². The second-order valence-electron chi connectivity index (χ2n) is 8.34. The number of carbonyl (C=O) groups is 2. The van der Waals surface area contributed by atoms with Crippen LogP contribution in [0.5, 0.6) is 0 Å². The van der Waals surface area contributed by atoms with Gasteiger partial charge in [0.1, 0.15) is 5.69 Å². The number of amides is 3. The quantitative estimate of drug-likeness (QED) is 0.615. The van der Waals surface area contributed by atoms with Gasteiger partial charge in [0.15, 0.2) is 0 Å². The van der Waals surface area contributed by atoms with Crippen LogP contribution in [0.1, 0.15) is 31.2 Å². The number of fused-ring (bicyclic) bond motifs is 1. The predicted octanol–water partition coefficient (Wildman–Crippen LogP) is 0.524. The molecule has 0 N–H and O–H groups in total. The number of aliphatic imine (C=N–C) groups is 1. The molecule has 0 spiro atoms. The van der Waals surface area contributed by atoms with Gasteiger partial charge in [-0.1, -0.05) is 18.3 Å². The van der Waals surface area contributed by atoms with E-state index in [4.69, 9.17) is 9.73 Å². The molecular weight excluding hydrogens is 398 g/mol. The molecule has 10 nitrogen and oxygen atoms in total. The van der Waals surface area contributed by atoms with Crippen molar-refractivity contribution in [2.24, 2.45) is 4.99 Å². The summed E-state index contributed by atoms with van der Waals surface area (Å²) in [4.78, 5) is 36.5. The molecular formula is C21H32N7O3+. The maximum absolute atomic E-state index is 13.5. The summed E-state index contributed by atoms with van der Waals surface area (Å²) >= 11 is 0. The number of rotatable bonds is 6. The van der Waals surface area contributed by atoms with Crippen LogP contribution in [0.25, 0.3) is 0 Å². The molecule has 10 heteroatoms. The Morgan fingerprint density at radius 2 is 1.94 bits per heavy atom. The minimum absolute atomic E-state index is 0.206. The molecule has 1 atom stereocenters. The van der Waals surface area contributed by atoms with Crippen LogP contribution in [0.4, 0.5) is 4.79 Å². The Hall–Kier alpha value is -2.59. The van der Waals surface area contributed by atoms with Crippen LogP contribution in [-0.4, -0.2) is 112 Å². The van der Waals surface area contributed by atoms with Gasteiger partial charge in [-0.2, -0.15) is 0 Å². The first-order valence-corrected chi connectivity index (χ1v) is 11.1. The van der Waals surface area contributed by atoms with E-state index in [1.807, 2.05) is 24.5 Å². The average Bonchev–Trinajstić information content (AvgIpc) is 3.30. The monoisotopic (exact) mass is 430 g/mol. The summed E-state index contributed by atoms with van der Waals surface area (Å²) in [6.07, 6.45) is 1.91. The summed E-state index contributed by atoms with van der Waals surface area (Å²) in [7, 11) is 1.70. The molecule has 3 amide bonds. The second kappa shape index (κ2) is 8.88. The Balaban J connectivity index is 1.64. The van der Waals surface area contributed by atoms with E-state index in [1.165, 1.54) is 9.80 Å². The van der Waals surface area contributed by atoms with E-state index >= 15 is 0 Å². The van der Waals surface area contributed by atoms with Crippen molar-refractivity contribution in [2.75, 3.05) is 53.0 Å². The zero-order valence-electron chi connectivity index (χ0n) is 18.9. The fourth-order valence-corrected chi connectivity index (χ4v) is 4.34. The highest BCUT2D eigenvalue weighted by Gasteiger charge is 2.53. The first-order chi connectivity index (χ1) is 14.9. The number of imide groups is 1.